The molecule has 3 heterocycles. The number of nitrogens with zero attached hydrogens (tertiary/aromatic N) is 3. The molecule has 4 rings (SSSR count). The number of aryl methyl sites for hydroxylation is 2. The first-order valence-electron chi connectivity index (χ1n) is 7.51. The molecule has 0 saturated carbocycles. The van der Waals surface area contributed by atoms with Crippen molar-refractivity contribution in [1.82, 2.24) is 14.7 Å². The van der Waals surface area contributed by atoms with Crippen molar-refractivity contribution in [3.8, 4) is 16.8 Å². The van der Waals surface area contributed by atoms with E-state index in [1.165, 1.54) is 12.1 Å². The van der Waals surface area contributed by atoms with Crippen molar-refractivity contribution in [2.75, 3.05) is 0 Å². The van der Waals surface area contributed by atoms with Crippen LogP contribution in [0.25, 0.3) is 27.8 Å². The van der Waals surface area contributed by atoms with Gasteiger partial charge in [0.2, 0.25) is 0 Å². The molecule has 126 valence electrons. The van der Waals surface area contributed by atoms with Crippen molar-refractivity contribution in [2.45, 2.75) is 13.8 Å². The summed E-state index contributed by atoms with van der Waals surface area (Å²) in [5.74, 6) is -0.524. The van der Waals surface area contributed by atoms with Gasteiger partial charge in [-0.25, -0.2) is 13.8 Å². The van der Waals surface area contributed by atoms with Crippen molar-refractivity contribution in [1.29, 1.82) is 0 Å². The van der Waals surface area contributed by atoms with E-state index in [0.29, 0.717) is 5.65 Å². The molecular formula is C18H12F2IN3O. The summed E-state index contributed by atoms with van der Waals surface area (Å²) in [5, 5.41) is 4.85. The summed E-state index contributed by atoms with van der Waals surface area (Å²) in [5.41, 5.74) is 3.44. The fraction of sp³-hybridized carbons (Fsp3) is 0.111. The summed E-state index contributed by atoms with van der Waals surface area (Å²) < 4.78 is 35.1. The van der Waals surface area contributed by atoms with Gasteiger partial charge in [-0.15, -0.1) is 0 Å². The van der Waals surface area contributed by atoms with Gasteiger partial charge in [0.1, 0.15) is 23.0 Å². The lowest BCUT2D eigenvalue weighted by Crippen LogP contribution is -1.98. The van der Waals surface area contributed by atoms with Crippen LogP contribution >= 0.6 is 22.6 Å². The van der Waals surface area contributed by atoms with Crippen LogP contribution in [0.4, 0.5) is 8.78 Å². The number of benzene rings is 1. The Labute approximate surface area is 155 Å². The molecular weight excluding hydrogens is 439 g/mol. The second-order valence-corrected chi connectivity index (χ2v) is 6.90. The van der Waals surface area contributed by atoms with E-state index in [0.717, 1.165) is 37.6 Å². The predicted octanol–water partition coefficient (Wildman–Crippen LogP) is 5.18. The molecule has 0 unspecified atom stereocenters. The number of pyridine rings is 1. The first-order valence-corrected chi connectivity index (χ1v) is 8.59. The Morgan fingerprint density at radius 2 is 1.96 bits per heavy atom. The average Bonchev–Trinajstić information content (AvgIpc) is 3.07. The third kappa shape index (κ3) is 2.62. The Balaban J connectivity index is 1.93. The van der Waals surface area contributed by atoms with Gasteiger partial charge in [0.05, 0.1) is 11.4 Å². The largest absolute Gasteiger partial charge is 0.361 e. The Morgan fingerprint density at radius 1 is 1.16 bits per heavy atom. The zero-order valence-electron chi connectivity index (χ0n) is 13.3. The monoisotopic (exact) mass is 451 g/mol. The standard InChI is InChI=1S/C18H12F2IN3O/c1-9-17(10(2)25-23-9)11-5-13-15(21)8-24(18(13)22-7-11)16-4-3-12(19)6-14(16)20/h3-8H,1-2H3. The molecule has 3 aromatic heterocycles. The number of rotatable bonds is 2. The third-order valence-corrected chi connectivity index (χ3v) is 4.95. The Bertz CT molecular complexity index is 1100. The van der Waals surface area contributed by atoms with E-state index >= 15 is 0 Å². The van der Waals surface area contributed by atoms with Crippen LogP contribution in [0.3, 0.4) is 0 Å². The lowest BCUT2D eigenvalue weighted by Gasteiger charge is -2.07. The summed E-state index contributed by atoms with van der Waals surface area (Å²) in [6.45, 7) is 3.73. The maximum Gasteiger partial charge on any atom is 0.150 e. The van der Waals surface area contributed by atoms with Crippen molar-refractivity contribution < 1.29 is 13.3 Å². The highest BCUT2D eigenvalue weighted by atomic mass is 127. The number of aromatic nitrogens is 3. The van der Waals surface area contributed by atoms with E-state index < -0.39 is 11.6 Å². The minimum absolute atomic E-state index is 0.256. The van der Waals surface area contributed by atoms with Gasteiger partial charge in [-0.3, -0.25) is 4.57 Å². The summed E-state index contributed by atoms with van der Waals surface area (Å²) in [6, 6.07) is 5.49. The van der Waals surface area contributed by atoms with Crippen LogP contribution in [0.15, 0.2) is 41.2 Å². The molecule has 0 spiro atoms. The van der Waals surface area contributed by atoms with Crippen LogP contribution in [-0.2, 0) is 0 Å². The van der Waals surface area contributed by atoms with E-state index in [1.54, 1.807) is 17.0 Å². The Hall–Kier alpha value is -2.29. The lowest BCUT2D eigenvalue weighted by atomic mass is 10.1. The highest BCUT2D eigenvalue weighted by Crippen LogP contribution is 2.32. The van der Waals surface area contributed by atoms with Crippen LogP contribution in [0.2, 0.25) is 0 Å². The third-order valence-electron chi connectivity index (χ3n) is 4.09. The van der Waals surface area contributed by atoms with Crippen molar-refractivity contribution in [3.05, 3.63) is 63.3 Å². The molecule has 0 atom stereocenters. The number of hydrogen-bond acceptors (Lipinski definition) is 3. The molecule has 0 aliphatic heterocycles. The van der Waals surface area contributed by atoms with Gasteiger partial charge in [0.25, 0.3) is 0 Å². The Kier molecular flexibility index (Phi) is 3.82. The maximum absolute atomic E-state index is 14.2. The van der Waals surface area contributed by atoms with Crippen LogP contribution in [-0.4, -0.2) is 14.7 Å². The fourth-order valence-corrected chi connectivity index (χ4v) is 3.64. The predicted molar refractivity (Wildman–Crippen MR) is 98.7 cm³/mol. The first-order chi connectivity index (χ1) is 12.0. The molecule has 0 aliphatic carbocycles. The van der Waals surface area contributed by atoms with Gasteiger partial charge in [-0.2, -0.15) is 0 Å². The smallest absolute Gasteiger partial charge is 0.150 e. The Morgan fingerprint density at radius 3 is 2.64 bits per heavy atom. The zero-order chi connectivity index (χ0) is 17.7. The zero-order valence-corrected chi connectivity index (χ0v) is 15.5. The summed E-state index contributed by atoms with van der Waals surface area (Å²) in [6.07, 6.45) is 3.49. The second-order valence-electron chi connectivity index (χ2n) is 5.74. The van der Waals surface area contributed by atoms with Crippen molar-refractivity contribution >= 4 is 33.6 Å². The van der Waals surface area contributed by atoms with Crippen LogP contribution in [0.5, 0.6) is 0 Å². The van der Waals surface area contributed by atoms with Crippen molar-refractivity contribution in [2.24, 2.45) is 0 Å². The van der Waals surface area contributed by atoms with Gasteiger partial charge in [-0.1, -0.05) is 5.16 Å². The highest BCUT2D eigenvalue weighted by Gasteiger charge is 2.17. The molecule has 4 nitrogen and oxygen atoms in total. The SMILES string of the molecule is Cc1noc(C)c1-c1cnc2c(c1)c(I)cn2-c1ccc(F)cc1F. The molecule has 0 bridgehead atoms. The maximum atomic E-state index is 14.2. The van der Waals surface area contributed by atoms with E-state index in [2.05, 4.69) is 32.7 Å². The quantitative estimate of drug-likeness (QED) is 0.395. The van der Waals surface area contributed by atoms with Crippen molar-refractivity contribution in [3.63, 3.8) is 0 Å². The summed E-state index contributed by atoms with van der Waals surface area (Å²) in [4.78, 5) is 4.51. The number of fused-ring (bicyclic) bond motifs is 1. The molecule has 1 aromatic carbocycles. The second kappa shape index (κ2) is 5.91. The van der Waals surface area contributed by atoms with Gasteiger partial charge < -0.3 is 4.52 Å². The van der Waals surface area contributed by atoms with E-state index in [1.807, 2.05) is 19.9 Å². The lowest BCUT2D eigenvalue weighted by molar-refractivity contribution is 0.393. The molecule has 7 heteroatoms. The van der Waals surface area contributed by atoms with E-state index in [4.69, 9.17) is 4.52 Å². The molecule has 0 N–H and O–H groups in total. The topological polar surface area (TPSA) is 43.9 Å². The normalized spacial score (nSPS) is 11.4. The summed E-state index contributed by atoms with van der Waals surface area (Å²) >= 11 is 2.18. The molecule has 4 aromatic rings. The molecule has 0 aliphatic rings. The molecule has 0 saturated heterocycles. The molecule has 25 heavy (non-hydrogen) atoms. The minimum atomic E-state index is -0.634. The molecule has 0 fully saturated rings. The van der Waals surface area contributed by atoms with Gasteiger partial charge in [0, 0.05) is 38.5 Å². The number of hydrogen-bond donors (Lipinski definition) is 0. The minimum Gasteiger partial charge on any atom is -0.361 e. The number of halogens is 3. The van der Waals surface area contributed by atoms with Crippen LogP contribution in [0, 0.1) is 29.1 Å². The highest BCUT2D eigenvalue weighted by molar-refractivity contribution is 14.1. The van der Waals surface area contributed by atoms with Crippen LogP contribution < -0.4 is 0 Å². The summed E-state index contributed by atoms with van der Waals surface area (Å²) in [7, 11) is 0. The van der Waals surface area contributed by atoms with E-state index in [9.17, 15) is 8.78 Å². The van der Waals surface area contributed by atoms with E-state index in [-0.39, 0.29) is 5.69 Å². The van der Waals surface area contributed by atoms with Gasteiger partial charge in [0.15, 0.2) is 0 Å². The molecule has 0 amide bonds. The molecule has 0 radical (unpaired) electrons. The average molecular weight is 451 g/mol. The van der Waals surface area contributed by atoms with Gasteiger partial charge in [-0.05, 0) is 54.6 Å². The fourth-order valence-electron chi connectivity index (χ4n) is 2.96. The first kappa shape index (κ1) is 16.2. The van der Waals surface area contributed by atoms with Crippen LogP contribution in [0.1, 0.15) is 11.5 Å². The van der Waals surface area contributed by atoms with Gasteiger partial charge >= 0.3 is 0 Å².